The van der Waals surface area contributed by atoms with Gasteiger partial charge in [-0.2, -0.15) is 0 Å². The second kappa shape index (κ2) is 6.98. The van der Waals surface area contributed by atoms with Gasteiger partial charge in [0.2, 0.25) is 0 Å². The normalized spacial score (nSPS) is 10.3. The van der Waals surface area contributed by atoms with Crippen LogP contribution in [-0.4, -0.2) is 27.2 Å². The summed E-state index contributed by atoms with van der Waals surface area (Å²) in [6.07, 6.45) is 0. The van der Waals surface area contributed by atoms with E-state index in [0.717, 1.165) is 17.2 Å². The van der Waals surface area contributed by atoms with Gasteiger partial charge >= 0.3 is 5.97 Å². The highest BCUT2D eigenvalue weighted by Gasteiger charge is 2.17. The summed E-state index contributed by atoms with van der Waals surface area (Å²) >= 11 is 0. The molecular formula is C20H15NO5. The van der Waals surface area contributed by atoms with E-state index in [1.54, 1.807) is 12.1 Å². The molecule has 3 aromatic rings. The summed E-state index contributed by atoms with van der Waals surface area (Å²) in [7, 11) is 0. The number of carbonyl (C=O) groups excluding carboxylic acids is 1. The Balaban J connectivity index is 2.01. The average molecular weight is 349 g/mol. The van der Waals surface area contributed by atoms with E-state index in [1.807, 2.05) is 30.3 Å². The van der Waals surface area contributed by atoms with Gasteiger partial charge in [0, 0.05) is 0 Å². The highest BCUT2D eigenvalue weighted by atomic mass is 16.4. The van der Waals surface area contributed by atoms with Crippen LogP contribution in [0.2, 0.25) is 0 Å². The zero-order valence-electron chi connectivity index (χ0n) is 13.5. The third kappa shape index (κ3) is 3.49. The number of aromatic carboxylic acids is 1. The number of carboxylic acid groups (broad SMARTS) is 1. The summed E-state index contributed by atoms with van der Waals surface area (Å²) in [5.74, 6) is -2.44. The summed E-state index contributed by atoms with van der Waals surface area (Å²) in [4.78, 5) is 23.9. The van der Waals surface area contributed by atoms with E-state index in [2.05, 4.69) is 5.32 Å². The topological polar surface area (TPSA) is 107 Å². The third-order valence-corrected chi connectivity index (χ3v) is 3.83. The van der Waals surface area contributed by atoms with Crippen molar-refractivity contribution in [1.29, 1.82) is 0 Å². The third-order valence-electron chi connectivity index (χ3n) is 3.83. The first kappa shape index (κ1) is 17.0. The smallest absolute Gasteiger partial charge is 0.337 e. The predicted octanol–water partition coefficient (Wildman–Crippen LogP) is 3.72. The minimum absolute atomic E-state index is 0.0855. The molecule has 0 saturated heterocycles. The number of anilines is 1. The van der Waals surface area contributed by atoms with Crippen LogP contribution < -0.4 is 5.32 Å². The highest BCUT2D eigenvalue weighted by Crippen LogP contribution is 2.28. The van der Waals surface area contributed by atoms with Crippen molar-refractivity contribution in [3.8, 4) is 22.6 Å². The second-order valence-corrected chi connectivity index (χ2v) is 5.59. The second-order valence-electron chi connectivity index (χ2n) is 5.59. The number of carbonyl (C=O) groups is 2. The molecule has 6 heteroatoms. The zero-order valence-corrected chi connectivity index (χ0v) is 13.5. The molecule has 0 unspecified atom stereocenters. The lowest BCUT2D eigenvalue weighted by molar-refractivity contribution is 0.0698. The SMILES string of the molecule is O=C(Nc1cc(-c2ccccc2)ccc1C(=O)O)c1cc(O)ccc1O. The van der Waals surface area contributed by atoms with Gasteiger partial charge < -0.3 is 20.6 Å². The van der Waals surface area contributed by atoms with Crippen LogP contribution in [0.25, 0.3) is 11.1 Å². The van der Waals surface area contributed by atoms with Gasteiger partial charge in [0.15, 0.2) is 0 Å². The summed E-state index contributed by atoms with van der Waals surface area (Å²) in [6.45, 7) is 0. The molecule has 0 aliphatic rings. The Bertz CT molecular complexity index is 983. The Morgan fingerprint density at radius 2 is 1.50 bits per heavy atom. The molecule has 0 aromatic heterocycles. The van der Waals surface area contributed by atoms with Gasteiger partial charge in [-0.3, -0.25) is 4.79 Å². The maximum absolute atomic E-state index is 12.4. The minimum atomic E-state index is -1.19. The van der Waals surface area contributed by atoms with Gasteiger partial charge in [-0.1, -0.05) is 36.4 Å². The van der Waals surface area contributed by atoms with E-state index in [-0.39, 0.29) is 28.3 Å². The quantitative estimate of drug-likeness (QED) is 0.537. The summed E-state index contributed by atoms with van der Waals surface area (Å²) in [5, 5.41) is 31.2. The first-order valence-corrected chi connectivity index (χ1v) is 7.72. The van der Waals surface area contributed by atoms with Gasteiger partial charge in [-0.15, -0.1) is 0 Å². The monoisotopic (exact) mass is 349 g/mol. The van der Waals surface area contributed by atoms with Crippen LogP contribution in [0.5, 0.6) is 11.5 Å². The van der Waals surface area contributed by atoms with Gasteiger partial charge in [0.25, 0.3) is 5.91 Å². The van der Waals surface area contributed by atoms with Crippen molar-refractivity contribution in [2.45, 2.75) is 0 Å². The summed E-state index contributed by atoms with van der Waals surface area (Å²) in [5.41, 5.74) is 1.43. The Kier molecular flexibility index (Phi) is 4.57. The average Bonchev–Trinajstić information content (AvgIpc) is 2.64. The van der Waals surface area contributed by atoms with Crippen molar-refractivity contribution >= 4 is 17.6 Å². The maximum Gasteiger partial charge on any atom is 0.337 e. The lowest BCUT2D eigenvalue weighted by atomic mass is 10.0. The molecule has 0 aliphatic heterocycles. The number of hydrogen-bond acceptors (Lipinski definition) is 4. The number of aromatic hydroxyl groups is 2. The van der Waals surface area contributed by atoms with Crippen LogP contribution in [0, 0.1) is 0 Å². The number of rotatable bonds is 4. The first-order valence-electron chi connectivity index (χ1n) is 7.72. The summed E-state index contributed by atoms with van der Waals surface area (Å²) in [6, 6.07) is 17.4. The molecule has 0 aliphatic carbocycles. The van der Waals surface area contributed by atoms with E-state index >= 15 is 0 Å². The molecule has 0 fully saturated rings. The van der Waals surface area contributed by atoms with Crippen LogP contribution in [0.15, 0.2) is 66.7 Å². The highest BCUT2D eigenvalue weighted by molar-refractivity contribution is 6.09. The largest absolute Gasteiger partial charge is 0.508 e. The van der Waals surface area contributed by atoms with Crippen molar-refractivity contribution in [3.63, 3.8) is 0 Å². The van der Waals surface area contributed by atoms with Crippen molar-refractivity contribution < 1.29 is 24.9 Å². The fourth-order valence-electron chi connectivity index (χ4n) is 2.54. The fourth-order valence-corrected chi connectivity index (χ4v) is 2.54. The number of phenolic OH excluding ortho intramolecular Hbond substituents is 2. The number of amides is 1. The Morgan fingerprint density at radius 3 is 2.19 bits per heavy atom. The van der Waals surface area contributed by atoms with Crippen LogP contribution in [-0.2, 0) is 0 Å². The predicted molar refractivity (Wildman–Crippen MR) is 96.6 cm³/mol. The van der Waals surface area contributed by atoms with Crippen LogP contribution in [0.1, 0.15) is 20.7 Å². The lowest BCUT2D eigenvalue weighted by Gasteiger charge is -2.12. The standard InChI is InChI=1S/C20H15NO5/c22-14-7-9-18(23)16(11-14)19(24)21-17-10-13(6-8-15(17)20(25)26)12-4-2-1-3-5-12/h1-11,22-23H,(H,21,24)(H,25,26). The molecule has 3 aromatic carbocycles. The Labute approximate surface area is 149 Å². The van der Waals surface area contributed by atoms with E-state index in [0.29, 0.717) is 0 Å². The molecule has 0 spiro atoms. The molecule has 26 heavy (non-hydrogen) atoms. The number of carboxylic acids is 1. The van der Waals surface area contributed by atoms with E-state index in [4.69, 9.17) is 0 Å². The molecule has 0 radical (unpaired) electrons. The Hall–Kier alpha value is -3.80. The van der Waals surface area contributed by atoms with Crippen LogP contribution in [0.4, 0.5) is 5.69 Å². The molecule has 0 saturated carbocycles. The number of phenols is 2. The zero-order chi connectivity index (χ0) is 18.7. The maximum atomic E-state index is 12.4. The fraction of sp³-hybridized carbons (Fsp3) is 0. The molecular weight excluding hydrogens is 334 g/mol. The molecule has 3 rings (SSSR count). The number of hydrogen-bond donors (Lipinski definition) is 4. The van der Waals surface area contributed by atoms with E-state index < -0.39 is 11.9 Å². The van der Waals surface area contributed by atoms with Crippen LogP contribution >= 0.6 is 0 Å². The Morgan fingerprint density at radius 1 is 0.769 bits per heavy atom. The van der Waals surface area contributed by atoms with Crippen molar-refractivity contribution in [2.75, 3.05) is 5.32 Å². The number of benzene rings is 3. The van der Waals surface area contributed by atoms with Crippen molar-refractivity contribution in [2.24, 2.45) is 0 Å². The molecule has 130 valence electrons. The molecule has 0 bridgehead atoms. The van der Waals surface area contributed by atoms with Crippen LogP contribution in [0.3, 0.4) is 0 Å². The molecule has 4 N–H and O–H groups in total. The van der Waals surface area contributed by atoms with Gasteiger partial charge in [0.05, 0.1) is 16.8 Å². The molecule has 0 heterocycles. The van der Waals surface area contributed by atoms with Gasteiger partial charge in [0.1, 0.15) is 11.5 Å². The van der Waals surface area contributed by atoms with Crippen molar-refractivity contribution in [3.05, 3.63) is 77.9 Å². The minimum Gasteiger partial charge on any atom is -0.508 e. The van der Waals surface area contributed by atoms with Gasteiger partial charge in [-0.05, 0) is 41.5 Å². The first-order chi connectivity index (χ1) is 12.5. The number of nitrogens with one attached hydrogen (secondary N) is 1. The summed E-state index contributed by atoms with van der Waals surface area (Å²) < 4.78 is 0. The van der Waals surface area contributed by atoms with E-state index in [1.165, 1.54) is 18.2 Å². The molecule has 6 nitrogen and oxygen atoms in total. The molecule has 0 atom stereocenters. The van der Waals surface area contributed by atoms with E-state index in [9.17, 15) is 24.9 Å². The lowest BCUT2D eigenvalue weighted by Crippen LogP contribution is -2.15. The van der Waals surface area contributed by atoms with Gasteiger partial charge in [-0.25, -0.2) is 4.79 Å². The van der Waals surface area contributed by atoms with Crippen molar-refractivity contribution in [1.82, 2.24) is 0 Å². The molecule has 1 amide bonds.